The Kier molecular flexibility index (Phi) is 4.02. The topological polar surface area (TPSA) is 71.5 Å². The lowest BCUT2D eigenvalue weighted by atomic mass is 10.4. The average Bonchev–Trinajstić information content (AvgIpc) is 2.15. The molecule has 0 N–H and O–H groups in total. The van der Waals surface area contributed by atoms with E-state index in [1.54, 1.807) is 0 Å². The second-order valence-electron chi connectivity index (χ2n) is 3.65. The van der Waals surface area contributed by atoms with Crippen molar-refractivity contribution in [3.63, 3.8) is 0 Å². The third-order valence-corrected chi connectivity index (χ3v) is 5.98. The van der Waals surface area contributed by atoms with Crippen LogP contribution in [0.1, 0.15) is 0 Å². The van der Waals surface area contributed by atoms with Crippen LogP contribution in [0.4, 0.5) is 0 Å². The van der Waals surface area contributed by atoms with Crippen LogP contribution in [0.15, 0.2) is 32.5 Å². The first-order chi connectivity index (χ1) is 7.56. The van der Waals surface area contributed by atoms with E-state index in [1.165, 1.54) is 26.2 Å². The van der Waals surface area contributed by atoms with E-state index in [-0.39, 0.29) is 9.79 Å². The maximum absolute atomic E-state index is 11.8. The van der Waals surface area contributed by atoms with Crippen molar-refractivity contribution in [3.8, 4) is 0 Å². The van der Waals surface area contributed by atoms with Crippen LogP contribution in [0.5, 0.6) is 0 Å². The van der Waals surface area contributed by atoms with Gasteiger partial charge in [-0.15, -0.1) is 0 Å². The van der Waals surface area contributed by atoms with Crippen molar-refractivity contribution in [1.29, 1.82) is 0 Å². The summed E-state index contributed by atoms with van der Waals surface area (Å²) >= 11 is 3.08. The van der Waals surface area contributed by atoms with E-state index in [0.29, 0.717) is 4.47 Å². The van der Waals surface area contributed by atoms with Crippen LogP contribution in [0.2, 0.25) is 0 Å². The molecular weight excluding hydrogens is 330 g/mol. The lowest BCUT2D eigenvalue weighted by Crippen LogP contribution is -2.22. The van der Waals surface area contributed by atoms with Crippen LogP contribution < -0.4 is 0 Å². The fourth-order valence-electron chi connectivity index (χ4n) is 1.14. The second-order valence-corrected chi connectivity index (χ2v) is 8.64. The molecule has 1 aromatic rings. The second kappa shape index (κ2) is 4.68. The highest BCUT2D eigenvalue weighted by Crippen LogP contribution is 2.26. The molecule has 1 aromatic carbocycles. The standard InChI is InChI=1S/C9H12BrNO4S2/c1-11(2)17(14,15)7-4-5-8(10)9(6-7)16(3,12)13/h4-6H,1-3H3. The molecular formula is C9H12BrNO4S2. The zero-order chi connectivity index (χ0) is 13.4. The number of hydrogen-bond donors (Lipinski definition) is 0. The molecule has 8 heteroatoms. The summed E-state index contributed by atoms with van der Waals surface area (Å²) in [5, 5.41) is 0. The molecule has 0 spiro atoms. The Morgan fingerprint density at radius 1 is 1.12 bits per heavy atom. The Morgan fingerprint density at radius 2 is 1.65 bits per heavy atom. The van der Waals surface area contributed by atoms with Crippen molar-refractivity contribution in [2.24, 2.45) is 0 Å². The van der Waals surface area contributed by atoms with Crippen LogP contribution in [-0.2, 0) is 19.9 Å². The van der Waals surface area contributed by atoms with Crippen LogP contribution in [0.3, 0.4) is 0 Å². The van der Waals surface area contributed by atoms with Crippen molar-refractivity contribution in [1.82, 2.24) is 4.31 Å². The van der Waals surface area contributed by atoms with E-state index in [4.69, 9.17) is 0 Å². The molecule has 0 bridgehead atoms. The van der Waals surface area contributed by atoms with Gasteiger partial charge in [-0.3, -0.25) is 0 Å². The van der Waals surface area contributed by atoms with Crippen molar-refractivity contribution < 1.29 is 16.8 Å². The number of sulfonamides is 1. The van der Waals surface area contributed by atoms with E-state index in [9.17, 15) is 16.8 Å². The van der Waals surface area contributed by atoms with Gasteiger partial charge in [-0.2, -0.15) is 0 Å². The number of benzene rings is 1. The zero-order valence-electron chi connectivity index (χ0n) is 9.51. The predicted octanol–water partition coefficient (Wildman–Crippen LogP) is 1.10. The highest BCUT2D eigenvalue weighted by atomic mass is 79.9. The highest BCUT2D eigenvalue weighted by Gasteiger charge is 2.21. The number of hydrogen-bond acceptors (Lipinski definition) is 4. The fraction of sp³-hybridized carbons (Fsp3) is 0.333. The van der Waals surface area contributed by atoms with E-state index in [2.05, 4.69) is 15.9 Å². The molecule has 5 nitrogen and oxygen atoms in total. The molecule has 0 radical (unpaired) electrons. The van der Waals surface area contributed by atoms with Gasteiger partial charge in [-0.05, 0) is 34.1 Å². The van der Waals surface area contributed by atoms with Gasteiger partial charge in [0.1, 0.15) is 0 Å². The molecule has 0 saturated heterocycles. The molecule has 0 amide bonds. The van der Waals surface area contributed by atoms with E-state index >= 15 is 0 Å². The van der Waals surface area contributed by atoms with Gasteiger partial charge < -0.3 is 0 Å². The van der Waals surface area contributed by atoms with Gasteiger partial charge in [0.2, 0.25) is 10.0 Å². The molecule has 0 aliphatic heterocycles. The molecule has 0 aliphatic rings. The van der Waals surface area contributed by atoms with Crippen molar-refractivity contribution in [2.45, 2.75) is 9.79 Å². The molecule has 96 valence electrons. The zero-order valence-corrected chi connectivity index (χ0v) is 12.7. The lowest BCUT2D eigenvalue weighted by molar-refractivity contribution is 0.520. The molecule has 0 saturated carbocycles. The monoisotopic (exact) mass is 341 g/mol. The number of halogens is 1. The molecule has 0 heterocycles. The van der Waals surface area contributed by atoms with Crippen LogP contribution in [0.25, 0.3) is 0 Å². The smallest absolute Gasteiger partial charge is 0.224 e. The van der Waals surface area contributed by atoms with E-state index < -0.39 is 19.9 Å². The Bertz CT molecular complexity index is 635. The molecule has 17 heavy (non-hydrogen) atoms. The predicted molar refractivity (Wildman–Crippen MR) is 68.1 cm³/mol. The lowest BCUT2D eigenvalue weighted by Gasteiger charge is -2.12. The minimum atomic E-state index is -3.63. The van der Waals surface area contributed by atoms with E-state index in [0.717, 1.165) is 16.6 Å². The maximum atomic E-state index is 11.8. The largest absolute Gasteiger partial charge is 0.242 e. The molecule has 0 unspecified atom stereocenters. The molecule has 0 aromatic heterocycles. The van der Waals surface area contributed by atoms with Gasteiger partial charge >= 0.3 is 0 Å². The summed E-state index contributed by atoms with van der Waals surface area (Å²) < 4.78 is 48.0. The first kappa shape index (κ1) is 14.6. The number of nitrogens with zero attached hydrogens (tertiary/aromatic N) is 1. The van der Waals surface area contributed by atoms with Gasteiger partial charge in [0.15, 0.2) is 9.84 Å². The molecule has 0 aliphatic carbocycles. The molecule has 1 rings (SSSR count). The summed E-state index contributed by atoms with van der Waals surface area (Å²) in [6.45, 7) is 0. The molecule has 0 atom stereocenters. The van der Waals surface area contributed by atoms with Gasteiger partial charge in [-0.1, -0.05) is 0 Å². The maximum Gasteiger partial charge on any atom is 0.242 e. The van der Waals surface area contributed by atoms with Crippen molar-refractivity contribution >= 4 is 35.8 Å². The van der Waals surface area contributed by atoms with Crippen LogP contribution in [-0.4, -0.2) is 41.5 Å². The SMILES string of the molecule is CN(C)S(=O)(=O)c1ccc(Br)c(S(C)(=O)=O)c1. The molecule has 0 fully saturated rings. The van der Waals surface area contributed by atoms with Gasteiger partial charge in [0.25, 0.3) is 0 Å². The minimum Gasteiger partial charge on any atom is -0.224 e. The first-order valence-electron chi connectivity index (χ1n) is 4.49. The van der Waals surface area contributed by atoms with Gasteiger partial charge in [-0.25, -0.2) is 21.1 Å². The average molecular weight is 342 g/mol. The van der Waals surface area contributed by atoms with Gasteiger partial charge in [0, 0.05) is 24.8 Å². The van der Waals surface area contributed by atoms with E-state index in [1.807, 2.05) is 0 Å². The first-order valence-corrected chi connectivity index (χ1v) is 8.61. The normalized spacial score (nSPS) is 13.0. The third-order valence-electron chi connectivity index (χ3n) is 2.08. The summed E-state index contributed by atoms with van der Waals surface area (Å²) in [5.74, 6) is 0. The Morgan fingerprint density at radius 3 is 2.06 bits per heavy atom. The third kappa shape index (κ3) is 3.06. The number of sulfone groups is 1. The van der Waals surface area contributed by atoms with Crippen molar-refractivity contribution in [2.75, 3.05) is 20.4 Å². The Balaban J connectivity index is 3.54. The summed E-state index contributed by atoms with van der Waals surface area (Å²) in [4.78, 5) is -0.0912. The van der Waals surface area contributed by atoms with Crippen molar-refractivity contribution in [3.05, 3.63) is 22.7 Å². The summed E-state index contributed by atoms with van der Waals surface area (Å²) in [7, 11) is -4.33. The van der Waals surface area contributed by atoms with Gasteiger partial charge in [0.05, 0.1) is 9.79 Å². The summed E-state index contributed by atoms with van der Waals surface area (Å²) in [6.07, 6.45) is 1.03. The highest BCUT2D eigenvalue weighted by molar-refractivity contribution is 9.10. The number of rotatable bonds is 3. The Labute approximate surface area is 110 Å². The van der Waals surface area contributed by atoms with Crippen LogP contribution in [0, 0.1) is 0 Å². The quantitative estimate of drug-likeness (QED) is 0.825. The fourth-order valence-corrected chi connectivity index (χ4v) is 4.03. The summed E-state index contributed by atoms with van der Waals surface area (Å²) in [5.41, 5.74) is 0. The van der Waals surface area contributed by atoms with Crippen LogP contribution >= 0.6 is 15.9 Å². The Hall–Kier alpha value is -0.440. The minimum absolute atomic E-state index is 0.0413. The summed E-state index contributed by atoms with van der Waals surface area (Å²) in [6, 6.07) is 3.91.